The Kier molecular flexibility index (Phi) is 2.14. The highest BCUT2D eigenvalue weighted by molar-refractivity contribution is 5.83. The Morgan fingerprint density at radius 2 is 1.92 bits per heavy atom. The first-order chi connectivity index (χ1) is 5.40. The minimum Gasteiger partial charge on any atom is -0.458 e. The summed E-state index contributed by atoms with van der Waals surface area (Å²) < 4.78 is 5.11. The van der Waals surface area contributed by atoms with E-state index >= 15 is 0 Å². The highest BCUT2D eigenvalue weighted by Gasteiger charge is 2.54. The third-order valence-electron chi connectivity index (χ3n) is 1.70. The molecule has 12 heavy (non-hydrogen) atoms. The van der Waals surface area contributed by atoms with E-state index < -0.39 is 11.2 Å². The normalized spacial score (nSPS) is 20.3. The number of hydrogen-bond donors (Lipinski definition) is 1. The smallest absolute Gasteiger partial charge is 0.341 e. The van der Waals surface area contributed by atoms with Crippen molar-refractivity contribution >= 4 is 5.97 Å². The summed E-state index contributed by atoms with van der Waals surface area (Å²) in [6.45, 7) is 5.45. The lowest BCUT2D eigenvalue weighted by atomic mass is 10.2. The molecule has 1 aliphatic carbocycles. The third-order valence-corrected chi connectivity index (χ3v) is 1.70. The van der Waals surface area contributed by atoms with E-state index in [2.05, 4.69) is 4.84 Å². The average molecular weight is 173 g/mol. The summed E-state index contributed by atoms with van der Waals surface area (Å²) in [7, 11) is 0. The number of carbonyl (C=O) groups is 1. The number of carbonyl (C=O) groups excluding carboxylic acids is 1. The number of hydrogen-bond acceptors (Lipinski definition) is 4. The molecular formula is C8H15NO3. The van der Waals surface area contributed by atoms with E-state index in [1.165, 1.54) is 0 Å². The van der Waals surface area contributed by atoms with E-state index in [9.17, 15) is 4.79 Å². The maximum Gasteiger partial charge on any atom is 0.341 e. The predicted molar refractivity (Wildman–Crippen MR) is 43.1 cm³/mol. The molecule has 1 fully saturated rings. The molecule has 0 aromatic carbocycles. The summed E-state index contributed by atoms with van der Waals surface area (Å²) in [5, 5.41) is 0. The van der Waals surface area contributed by atoms with Crippen LogP contribution < -0.4 is 5.90 Å². The van der Waals surface area contributed by atoms with Crippen LogP contribution in [-0.2, 0) is 14.4 Å². The molecule has 4 heteroatoms. The molecule has 2 N–H and O–H groups in total. The molecule has 70 valence electrons. The summed E-state index contributed by atoms with van der Waals surface area (Å²) in [6.07, 6.45) is 1.33. The second-order valence-electron chi connectivity index (χ2n) is 4.11. The molecular weight excluding hydrogens is 158 g/mol. The summed E-state index contributed by atoms with van der Waals surface area (Å²) in [5.74, 6) is 4.64. The second-order valence-corrected chi connectivity index (χ2v) is 4.11. The van der Waals surface area contributed by atoms with Crippen LogP contribution in [0.4, 0.5) is 0 Å². The Bertz CT molecular complexity index is 191. The number of esters is 1. The lowest BCUT2D eigenvalue weighted by Gasteiger charge is -2.22. The zero-order valence-corrected chi connectivity index (χ0v) is 7.72. The fourth-order valence-corrected chi connectivity index (χ4v) is 0.855. The Labute approximate surface area is 72.0 Å². The van der Waals surface area contributed by atoms with Gasteiger partial charge in [-0.15, -0.1) is 0 Å². The first-order valence-corrected chi connectivity index (χ1v) is 4.01. The van der Waals surface area contributed by atoms with Crippen molar-refractivity contribution in [2.75, 3.05) is 0 Å². The van der Waals surface area contributed by atoms with Gasteiger partial charge in [0.1, 0.15) is 5.60 Å². The van der Waals surface area contributed by atoms with Crippen molar-refractivity contribution in [2.24, 2.45) is 5.90 Å². The molecule has 0 aromatic heterocycles. The molecule has 1 aliphatic rings. The van der Waals surface area contributed by atoms with Crippen LogP contribution in [0.3, 0.4) is 0 Å². The minimum atomic E-state index is -0.826. The average Bonchev–Trinajstić information content (AvgIpc) is 2.62. The second kappa shape index (κ2) is 2.71. The Balaban J connectivity index is 2.49. The molecule has 0 bridgehead atoms. The molecule has 1 rings (SSSR count). The van der Waals surface area contributed by atoms with Gasteiger partial charge in [0.15, 0.2) is 5.60 Å². The van der Waals surface area contributed by atoms with Gasteiger partial charge in [-0.3, -0.25) is 4.84 Å². The maximum absolute atomic E-state index is 11.3. The molecule has 0 radical (unpaired) electrons. The van der Waals surface area contributed by atoms with Gasteiger partial charge in [0.2, 0.25) is 0 Å². The molecule has 0 aliphatic heterocycles. The topological polar surface area (TPSA) is 61.5 Å². The first kappa shape index (κ1) is 9.48. The molecule has 4 nitrogen and oxygen atoms in total. The molecule has 1 saturated carbocycles. The zero-order chi connectivity index (χ0) is 9.41. The van der Waals surface area contributed by atoms with Gasteiger partial charge in [0.25, 0.3) is 0 Å². The van der Waals surface area contributed by atoms with Crippen molar-refractivity contribution in [3.63, 3.8) is 0 Å². The van der Waals surface area contributed by atoms with Gasteiger partial charge in [0, 0.05) is 0 Å². The summed E-state index contributed by atoms with van der Waals surface area (Å²) >= 11 is 0. The standard InChI is InChI=1S/C8H15NO3/c1-7(2,3)11-6(10)8(12-9)4-5-8/h4-5,9H2,1-3H3. The van der Waals surface area contributed by atoms with Crippen molar-refractivity contribution in [3.8, 4) is 0 Å². The molecule has 0 aromatic rings. The van der Waals surface area contributed by atoms with Gasteiger partial charge in [0.05, 0.1) is 0 Å². The largest absolute Gasteiger partial charge is 0.458 e. The lowest BCUT2D eigenvalue weighted by molar-refractivity contribution is -0.172. The summed E-state index contributed by atoms with van der Waals surface area (Å²) in [6, 6.07) is 0. The van der Waals surface area contributed by atoms with Crippen molar-refractivity contribution in [2.45, 2.75) is 44.8 Å². The molecule has 0 spiro atoms. The number of nitrogens with two attached hydrogens (primary N) is 1. The monoisotopic (exact) mass is 173 g/mol. The van der Waals surface area contributed by atoms with Crippen LogP contribution in [0.1, 0.15) is 33.6 Å². The van der Waals surface area contributed by atoms with E-state index in [-0.39, 0.29) is 5.97 Å². The molecule has 0 amide bonds. The Morgan fingerprint density at radius 1 is 1.42 bits per heavy atom. The van der Waals surface area contributed by atoms with Gasteiger partial charge in [-0.05, 0) is 33.6 Å². The third kappa shape index (κ3) is 1.95. The fourth-order valence-electron chi connectivity index (χ4n) is 0.855. The van der Waals surface area contributed by atoms with Crippen molar-refractivity contribution in [1.29, 1.82) is 0 Å². The van der Waals surface area contributed by atoms with Crippen LogP contribution in [-0.4, -0.2) is 17.2 Å². The quantitative estimate of drug-likeness (QED) is 0.494. The Morgan fingerprint density at radius 3 is 2.17 bits per heavy atom. The SMILES string of the molecule is CC(C)(C)OC(=O)C1(ON)CC1. The van der Waals surface area contributed by atoms with Crippen LogP contribution in [0.5, 0.6) is 0 Å². The maximum atomic E-state index is 11.3. The fraction of sp³-hybridized carbons (Fsp3) is 0.875. The molecule has 0 unspecified atom stereocenters. The highest BCUT2D eigenvalue weighted by atomic mass is 16.7. The van der Waals surface area contributed by atoms with E-state index in [1.54, 1.807) is 0 Å². The summed E-state index contributed by atoms with van der Waals surface area (Å²) in [5.41, 5.74) is -1.29. The van der Waals surface area contributed by atoms with Gasteiger partial charge in [-0.2, -0.15) is 0 Å². The van der Waals surface area contributed by atoms with E-state index in [0.717, 1.165) is 0 Å². The Hall–Kier alpha value is -0.610. The van der Waals surface area contributed by atoms with Crippen LogP contribution >= 0.6 is 0 Å². The minimum absolute atomic E-state index is 0.350. The van der Waals surface area contributed by atoms with Crippen molar-refractivity contribution in [1.82, 2.24) is 0 Å². The van der Waals surface area contributed by atoms with Gasteiger partial charge in [-0.1, -0.05) is 0 Å². The lowest BCUT2D eigenvalue weighted by Crippen LogP contribution is -2.36. The van der Waals surface area contributed by atoms with E-state index in [4.69, 9.17) is 10.6 Å². The summed E-state index contributed by atoms with van der Waals surface area (Å²) in [4.78, 5) is 15.9. The van der Waals surface area contributed by atoms with E-state index in [1.807, 2.05) is 20.8 Å². The van der Waals surface area contributed by atoms with Gasteiger partial charge in [-0.25, -0.2) is 10.7 Å². The van der Waals surface area contributed by atoms with Crippen LogP contribution in [0.15, 0.2) is 0 Å². The van der Waals surface area contributed by atoms with Crippen LogP contribution in [0.25, 0.3) is 0 Å². The molecule has 0 atom stereocenters. The number of ether oxygens (including phenoxy) is 1. The van der Waals surface area contributed by atoms with Gasteiger partial charge >= 0.3 is 5.97 Å². The molecule has 0 heterocycles. The van der Waals surface area contributed by atoms with Crippen LogP contribution in [0.2, 0.25) is 0 Å². The van der Waals surface area contributed by atoms with Crippen molar-refractivity contribution in [3.05, 3.63) is 0 Å². The molecule has 0 saturated heterocycles. The van der Waals surface area contributed by atoms with Crippen LogP contribution in [0, 0.1) is 0 Å². The highest BCUT2D eigenvalue weighted by Crippen LogP contribution is 2.40. The first-order valence-electron chi connectivity index (χ1n) is 4.01. The van der Waals surface area contributed by atoms with Gasteiger partial charge < -0.3 is 4.74 Å². The number of rotatable bonds is 2. The van der Waals surface area contributed by atoms with Crippen molar-refractivity contribution < 1.29 is 14.4 Å². The predicted octanol–water partition coefficient (Wildman–Crippen LogP) is 0.751. The van der Waals surface area contributed by atoms with E-state index in [0.29, 0.717) is 12.8 Å². The zero-order valence-electron chi connectivity index (χ0n) is 7.72.